The molecule has 7 heteroatoms. The van der Waals surface area contributed by atoms with Crippen LogP contribution >= 0.6 is 11.8 Å². The van der Waals surface area contributed by atoms with Crippen molar-refractivity contribution in [3.8, 4) is 17.1 Å². The van der Waals surface area contributed by atoms with Crippen molar-refractivity contribution < 1.29 is 9.53 Å². The van der Waals surface area contributed by atoms with Gasteiger partial charge < -0.3 is 14.6 Å². The summed E-state index contributed by atoms with van der Waals surface area (Å²) in [5.41, 5.74) is 3.36. The quantitative estimate of drug-likeness (QED) is 0.512. The first-order valence-electron chi connectivity index (χ1n) is 10.1. The fraction of sp³-hybridized carbons (Fsp3) is 0.348. The van der Waals surface area contributed by atoms with E-state index in [1.165, 1.54) is 17.3 Å². The lowest BCUT2D eigenvalue weighted by Gasteiger charge is -2.15. The third-order valence-electron chi connectivity index (χ3n) is 4.98. The van der Waals surface area contributed by atoms with Gasteiger partial charge in [0.25, 0.3) is 0 Å². The van der Waals surface area contributed by atoms with Gasteiger partial charge in [0.1, 0.15) is 5.75 Å². The number of thioether (sulfide) groups is 1. The van der Waals surface area contributed by atoms with Crippen molar-refractivity contribution in [1.82, 2.24) is 20.1 Å². The summed E-state index contributed by atoms with van der Waals surface area (Å²) in [5, 5.41) is 12.4. The molecule has 1 aromatic heterocycles. The Balaban J connectivity index is 1.62. The summed E-state index contributed by atoms with van der Waals surface area (Å²) < 4.78 is 7.24. The number of nitrogens with zero attached hydrogens (tertiary/aromatic N) is 3. The first kappa shape index (κ1) is 21.9. The van der Waals surface area contributed by atoms with Crippen LogP contribution in [0.1, 0.15) is 37.9 Å². The zero-order chi connectivity index (χ0) is 21.5. The number of carbonyl (C=O) groups excluding carboxylic acids is 1. The molecule has 0 saturated carbocycles. The maximum Gasteiger partial charge on any atom is 0.230 e. The summed E-state index contributed by atoms with van der Waals surface area (Å²) in [6.45, 7) is 6.90. The second kappa shape index (κ2) is 10.3. The van der Waals surface area contributed by atoms with Crippen LogP contribution in [0.3, 0.4) is 0 Å². The van der Waals surface area contributed by atoms with Gasteiger partial charge in [-0.25, -0.2) is 0 Å². The highest BCUT2D eigenvalue weighted by Crippen LogP contribution is 2.25. The number of hydrogen-bond acceptors (Lipinski definition) is 5. The molecule has 2 aromatic carbocycles. The highest BCUT2D eigenvalue weighted by Gasteiger charge is 2.16. The van der Waals surface area contributed by atoms with E-state index in [4.69, 9.17) is 4.74 Å². The number of aromatic nitrogens is 3. The minimum Gasteiger partial charge on any atom is -0.497 e. The van der Waals surface area contributed by atoms with Gasteiger partial charge in [-0.05, 0) is 55.7 Å². The number of methoxy groups -OCH3 is 1. The van der Waals surface area contributed by atoms with Crippen molar-refractivity contribution in [2.75, 3.05) is 12.9 Å². The normalized spacial score (nSPS) is 11.9. The Kier molecular flexibility index (Phi) is 7.52. The number of hydrogen-bond donors (Lipinski definition) is 1. The molecule has 0 fully saturated rings. The van der Waals surface area contributed by atoms with Crippen LogP contribution in [0.5, 0.6) is 5.75 Å². The standard InChI is InChI=1S/C23H28N4O2S/c1-5-17-7-9-18(10-8-17)16(3)24-21(28)15-30-23-26-25-22(27(23)6-2)19-11-13-20(29-4)14-12-19/h7-14,16H,5-6,15H2,1-4H3,(H,24,28)/t16-/m1/s1. The van der Waals surface area contributed by atoms with Crippen molar-refractivity contribution in [1.29, 1.82) is 0 Å². The SMILES string of the molecule is CCc1ccc([C@@H](C)NC(=O)CSc2nnc(-c3ccc(OC)cc3)n2CC)cc1. The average molecular weight is 425 g/mol. The number of benzene rings is 2. The Bertz CT molecular complexity index is 968. The van der Waals surface area contributed by atoms with Crippen molar-refractivity contribution in [2.24, 2.45) is 0 Å². The van der Waals surface area contributed by atoms with Crippen molar-refractivity contribution in [3.05, 3.63) is 59.7 Å². The number of carbonyl (C=O) groups is 1. The Labute approximate surface area is 182 Å². The van der Waals surface area contributed by atoms with Crippen molar-refractivity contribution >= 4 is 17.7 Å². The van der Waals surface area contributed by atoms with Crippen LogP contribution < -0.4 is 10.1 Å². The molecule has 0 aliphatic heterocycles. The van der Waals surface area contributed by atoms with Gasteiger partial charge in [0.15, 0.2) is 11.0 Å². The predicted molar refractivity (Wildman–Crippen MR) is 121 cm³/mol. The predicted octanol–water partition coefficient (Wildman–Crippen LogP) is 4.51. The van der Waals surface area contributed by atoms with Gasteiger partial charge in [0, 0.05) is 12.1 Å². The van der Waals surface area contributed by atoms with Gasteiger partial charge in [-0.1, -0.05) is 43.0 Å². The minimum absolute atomic E-state index is 0.0243. The van der Waals surface area contributed by atoms with Gasteiger partial charge in [-0.15, -0.1) is 10.2 Å². The third kappa shape index (κ3) is 5.21. The molecular formula is C23H28N4O2S. The molecule has 0 unspecified atom stereocenters. The topological polar surface area (TPSA) is 69.0 Å². The number of ether oxygens (including phenoxy) is 1. The highest BCUT2D eigenvalue weighted by atomic mass is 32.2. The Morgan fingerprint density at radius 1 is 1.10 bits per heavy atom. The second-order valence-electron chi connectivity index (χ2n) is 6.95. The van der Waals surface area contributed by atoms with E-state index in [-0.39, 0.29) is 17.7 Å². The molecule has 0 spiro atoms. The monoisotopic (exact) mass is 424 g/mol. The van der Waals surface area contributed by atoms with E-state index in [1.807, 2.05) is 42.7 Å². The summed E-state index contributed by atoms with van der Waals surface area (Å²) in [5.74, 6) is 1.85. The maximum atomic E-state index is 12.5. The van der Waals surface area contributed by atoms with E-state index in [0.717, 1.165) is 40.8 Å². The van der Waals surface area contributed by atoms with Gasteiger partial charge in [0.05, 0.1) is 18.9 Å². The molecule has 0 saturated heterocycles. The molecular weight excluding hydrogens is 396 g/mol. The molecule has 3 aromatic rings. The van der Waals surface area contributed by atoms with Crippen LogP contribution in [0.15, 0.2) is 53.7 Å². The van der Waals surface area contributed by atoms with E-state index in [1.54, 1.807) is 7.11 Å². The van der Waals surface area contributed by atoms with Crippen LogP contribution in [0, 0.1) is 0 Å². The summed E-state index contributed by atoms with van der Waals surface area (Å²) >= 11 is 1.40. The summed E-state index contributed by atoms with van der Waals surface area (Å²) in [4.78, 5) is 12.5. The first-order chi connectivity index (χ1) is 14.5. The van der Waals surface area contributed by atoms with Gasteiger partial charge in [0.2, 0.25) is 5.91 Å². The molecule has 30 heavy (non-hydrogen) atoms. The zero-order valence-electron chi connectivity index (χ0n) is 17.9. The molecule has 158 valence electrons. The molecule has 0 aliphatic rings. The van der Waals surface area contributed by atoms with Crippen LogP contribution in [0.2, 0.25) is 0 Å². The van der Waals surface area contributed by atoms with Crippen LogP contribution in [0.25, 0.3) is 11.4 Å². The smallest absolute Gasteiger partial charge is 0.230 e. The molecule has 1 amide bonds. The lowest BCUT2D eigenvalue weighted by atomic mass is 10.1. The molecule has 1 atom stereocenters. The maximum absolute atomic E-state index is 12.5. The first-order valence-corrected chi connectivity index (χ1v) is 11.1. The van der Waals surface area contributed by atoms with Crippen LogP contribution in [0.4, 0.5) is 0 Å². The summed E-state index contributed by atoms with van der Waals surface area (Å²) in [7, 11) is 1.64. The van der Waals surface area contributed by atoms with Crippen molar-refractivity contribution in [2.45, 2.75) is 44.9 Å². The molecule has 1 heterocycles. The fourth-order valence-corrected chi connectivity index (χ4v) is 3.99. The number of rotatable bonds is 9. The average Bonchev–Trinajstić information content (AvgIpc) is 3.20. The molecule has 3 rings (SSSR count). The van der Waals surface area contributed by atoms with E-state index >= 15 is 0 Å². The van der Waals surface area contributed by atoms with E-state index in [2.05, 4.69) is 46.7 Å². The molecule has 1 N–H and O–H groups in total. The Hall–Kier alpha value is -2.80. The largest absolute Gasteiger partial charge is 0.497 e. The van der Waals surface area contributed by atoms with Crippen LogP contribution in [-0.2, 0) is 17.8 Å². The van der Waals surface area contributed by atoms with Crippen LogP contribution in [-0.4, -0.2) is 33.5 Å². The number of nitrogens with one attached hydrogen (secondary N) is 1. The van der Waals surface area contributed by atoms with E-state index < -0.39 is 0 Å². The minimum atomic E-state index is -0.0390. The summed E-state index contributed by atoms with van der Waals surface area (Å²) in [6.07, 6.45) is 1.01. The third-order valence-corrected chi connectivity index (χ3v) is 5.95. The van der Waals surface area contributed by atoms with E-state index in [9.17, 15) is 4.79 Å². The Morgan fingerprint density at radius 2 is 1.80 bits per heavy atom. The number of aryl methyl sites for hydroxylation is 1. The van der Waals surface area contributed by atoms with Gasteiger partial charge >= 0.3 is 0 Å². The zero-order valence-corrected chi connectivity index (χ0v) is 18.7. The lowest BCUT2D eigenvalue weighted by Crippen LogP contribution is -2.28. The highest BCUT2D eigenvalue weighted by molar-refractivity contribution is 7.99. The van der Waals surface area contributed by atoms with Crippen molar-refractivity contribution in [3.63, 3.8) is 0 Å². The van der Waals surface area contributed by atoms with Gasteiger partial charge in [-0.2, -0.15) is 0 Å². The molecule has 6 nitrogen and oxygen atoms in total. The fourth-order valence-electron chi connectivity index (χ4n) is 3.17. The van der Waals surface area contributed by atoms with Gasteiger partial charge in [-0.3, -0.25) is 4.79 Å². The van der Waals surface area contributed by atoms with E-state index in [0.29, 0.717) is 0 Å². The molecule has 0 bridgehead atoms. The summed E-state index contributed by atoms with van der Waals surface area (Å²) in [6, 6.07) is 16.1. The second-order valence-corrected chi connectivity index (χ2v) is 7.89. The molecule has 0 radical (unpaired) electrons. The Morgan fingerprint density at radius 3 is 2.40 bits per heavy atom. The number of amides is 1. The lowest BCUT2D eigenvalue weighted by molar-refractivity contribution is -0.119. The molecule has 0 aliphatic carbocycles.